The van der Waals surface area contributed by atoms with Gasteiger partial charge in [-0.1, -0.05) is 12.1 Å². The van der Waals surface area contributed by atoms with Crippen molar-refractivity contribution in [2.24, 2.45) is 0 Å². The summed E-state index contributed by atoms with van der Waals surface area (Å²) in [6, 6.07) is 6.04. The van der Waals surface area contributed by atoms with Gasteiger partial charge in [0.25, 0.3) is 0 Å². The number of rotatable bonds is 4. The van der Waals surface area contributed by atoms with Gasteiger partial charge < -0.3 is 9.84 Å². The standard InChI is InChI=1S/C14H12N2O5/c1-8-4-3-5-11(13(8)16(19)20)21-12-6-9(2)15-7-10(12)14(17)18/h3-7H,1-2H3,(H,17,18). The second kappa shape index (κ2) is 5.58. The fraction of sp³-hybridized carbons (Fsp3) is 0.143. The molecule has 0 radical (unpaired) electrons. The number of pyridine rings is 1. The van der Waals surface area contributed by atoms with E-state index in [0.717, 1.165) is 6.20 Å². The molecule has 7 heteroatoms. The number of aromatic nitrogens is 1. The zero-order chi connectivity index (χ0) is 15.6. The van der Waals surface area contributed by atoms with Crippen molar-refractivity contribution in [2.75, 3.05) is 0 Å². The van der Waals surface area contributed by atoms with E-state index in [4.69, 9.17) is 9.84 Å². The van der Waals surface area contributed by atoms with Gasteiger partial charge in [-0.2, -0.15) is 0 Å². The lowest BCUT2D eigenvalue weighted by atomic mass is 10.2. The molecule has 0 unspecified atom stereocenters. The van der Waals surface area contributed by atoms with Gasteiger partial charge in [-0.25, -0.2) is 4.79 Å². The number of benzene rings is 1. The van der Waals surface area contributed by atoms with Crippen LogP contribution in [0.1, 0.15) is 21.6 Å². The Morgan fingerprint density at radius 2 is 2.05 bits per heavy atom. The number of aromatic carboxylic acids is 1. The minimum atomic E-state index is -1.21. The molecular weight excluding hydrogens is 276 g/mol. The Hall–Kier alpha value is -2.96. The molecule has 0 aliphatic carbocycles. The maximum atomic E-state index is 11.2. The molecule has 0 amide bonds. The van der Waals surface area contributed by atoms with Gasteiger partial charge in [0.2, 0.25) is 5.75 Å². The summed E-state index contributed by atoms with van der Waals surface area (Å²) in [6.07, 6.45) is 1.16. The monoisotopic (exact) mass is 288 g/mol. The van der Waals surface area contributed by atoms with Crippen molar-refractivity contribution in [3.8, 4) is 11.5 Å². The number of nitrogens with zero attached hydrogens (tertiary/aromatic N) is 2. The second-order valence-corrected chi connectivity index (χ2v) is 4.41. The van der Waals surface area contributed by atoms with E-state index in [9.17, 15) is 14.9 Å². The molecule has 2 rings (SSSR count). The average Bonchev–Trinajstić information content (AvgIpc) is 2.37. The highest BCUT2D eigenvalue weighted by atomic mass is 16.6. The van der Waals surface area contributed by atoms with E-state index < -0.39 is 10.9 Å². The van der Waals surface area contributed by atoms with Crippen LogP contribution in [0.3, 0.4) is 0 Å². The normalized spacial score (nSPS) is 10.2. The third-order valence-corrected chi connectivity index (χ3v) is 2.84. The van der Waals surface area contributed by atoms with E-state index in [1.807, 2.05) is 0 Å². The van der Waals surface area contributed by atoms with E-state index >= 15 is 0 Å². The zero-order valence-electron chi connectivity index (χ0n) is 11.4. The smallest absolute Gasteiger partial charge is 0.341 e. The number of para-hydroxylation sites is 1. The largest absolute Gasteiger partial charge is 0.477 e. The highest BCUT2D eigenvalue weighted by molar-refractivity contribution is 5.90. The SMILES string of the molecule is Cc1cc(Oc2cccc(C)c2[N+](=O)[O-])c(C(=O)O)cn1. The fourth-order valence-electron chi connectivity index (χ4n) is 1.85. The van der Waals surface area contributed by atoms with Crippen molar-refractivity contribution in [1.82, 2.24) is 4.98 Å². The maximum absolute atomic E-state index is 11.2. The first kappa shape index (κ1) is 14.4. The Bertz CT molecular complexity index is 727. The number of nitro groups is 1. The number of aryl methyl sites for hydroxylation is 2. The first-order valence-electron chi connectivity index (χ1n) is 6.02. The van der Waals surface area contributed by atoms with Gasteiger partial charge in [-0.05, 0) is 19.9 Å². The number of ether oxygens (including phenoxy) is 1. The minimum Gasteiger partial charge on any atom is -0.477 e. The van der Waals surface area contributed by atoms with Gasteiger partial charge in [0, 0.05) is 23.5 Å². The van der Waals surface area contributed by atoms with Gasteiger partial charge in [-0.3, -0.25) is 15.1 Å². The summed E-state index contributed by atoms with van der Waals surface area (Å²) >= 11 is 0. The molecule has 1 heterocycles. The van der Waals surface area contributed by atoms with Crippen molar-refractivity contribution in [2.45, 2.75) is 13.8 Å². The van der Waals surface area contributed by atoms with Gasteiger partial charge in [0.15, 0.2) is 0 Å². The predicted molar refractivity (Wildman–Crippen MR) is 73.8 cm³/mol. The Balaban J connectivity index is 2.53. The van der Waals surface area contributed by atoms with E-state index in [1.54, 1.807) is 26.0 Å². The van der Waals surface area contributed by atoms with Crippen LogP contribution >= 0.6 is 0 Å². The fourth-order valence-corrected chi connectivity index (χ4v) is 1.85. The van der Waals surface area contributed by atoms with Crippen molar-refractivity contribution in [3.63, 3.8) is 0 Å². The molecule has 0 aliphatic heterocycles. The summed E-state index contributed by atoms with van der Waals surface area (Å²) in [5.74, 6) is -1.20. The lowest BCUT2D eigenvalue weighted by Gasteiger charge is -2.10. The number of carbonyl (C=O) groups is 1. The van der Waals surface area contributed by atoms with Gasteiger partial charge >= 0.3 is 11.7 Å². The quantitative estimate of drug-likeness (QED) is 0.685. The molecule has 7 nitrogen and oxygen atoms in total. The second-order valence-electron chi connectivity index (χ2n) is 4.41. The zero-order valence-corrected chi connectivity index (χ0v) is 11.4. The molecular formula is C14H12N2O5. The van der Waals surface area contributed by atoms with Crippen LogP contribution in [0.15, 0.2) is 30.5 Å². The van der Waals surface area contributed by atoms with Crippen LogP contribution in [0.25, 0.3) is 0 Å². The highest BCUT2D eigenvalue weighted by Crippen LogP contribution is 2.35. The summed E-state index contributed by atoms with van der Waals surface area (Å²) in [6.45, 7) is 3.25. The maximum Gasteiger partial charge on any atom is 0.341 e. The molecule has 0 fully saturated rings. The van der Waals surface area contributed by atoms with Crippen molar-refractivity contribution < 1.29 is 19.6 Å². The van der Waals surface area contributed by atoms with Crippen LogP contribution in [-0.4, -0.2) is 21.0 Å². The Morgan fingerprint density at radius 1 is 1.33 bits per heavy atom. The topological polar surface area (TPSA) is 103 Å². The molecule has 0 atom stereocenters. The van der Waals surface area contributed by atoms with Crippen LogP contribution < -0.4 is 4.74 Å². The third-order valence-electron chi connectivity index (χ3n) is 2.84. The number of hydrogen-bond donors (Lipinski definition) is 1. The summed E-state index contributed by atoms with van der Waals surface area (Å²) < 4.78 is 5.46. The van der Waals surface area contributed by atoms with Gasteiger partial charge in [0.05, 0.1) is 4.92 Å². The molecule has 0 saturated carbocycles. The molecule has 0 saturated heterocycles. The van der Waals surface area contributed by atoms with Crippen molar-refractivity contribution in [1.29, 1.82) is 0 Å². The van der Waals surface area contributed by atoms with Crippen LogP contribution in [0.2, 0.25) is 0 Å². The van der Waals surface area contributed by atoms with E-state index in [-0.39, 0.29) is 22.7 Å². The summed E-state index contributed by atoms with van der Waals surface area (Å²) in [5.41, 5.74) is 0.630. The predicted octanol–water partition coefficient (Wildman–Crippen LogP) is 3.10. The van der Waals surface area contributed by atoms with Gasteiger partial charge in [-0.15, -0.1) is 0 Å². The number of nitro benzene ring substituents is 1. The number of carboxylic acids is 1. The first-order chi connectivity index (χ1) is 9.90. The molecule has 108 valence electrons. The summed E-state index contributed by atoms with van der Waals surface area (Å²) in [4.78, 5) is 25.6. The molecule has 2 aromatic rings. The van der Waals surface area contributed by atoms with Crippen molar-refractivity contribution in [3.05, 3.63) is 57.4 Å². The Labute approximate surface area is 120 Å². The highest BCUT2D eigenvalue weighted by Gasteiger charge is 2.21. The van der Waals surface area contributed by atoms with Gasteiger partial charge in [0.1, 0.15) is 11.3 Å². The molecule has 1 aromatic carbocycles. The summed E-state index contributed by atoms with van der Waals surface area (Å²) in [7, 11) is 0. The lowest BCUT2D eigenvalue weighted by Crippen LogP contribution is -2.03. The number of hydrogen-bond acceptors (Lipinski definition) is 5. The van der Waals surface area contributed by atoms with Crippen LogP contribution in [0, 0.1) is 24.0 Å². The first-order valence-corrected chi connectivity index (χ1v) is 6.02. The molecule has 0 aliphatic rings. The Morgan fingerprint density at radius 3 is 2.67 bits per heavy atom. The molecule has 0 bridgehead atoms. The van der Waals surface area contributed by atoms with Crippen molar-refractivity contribution >= 4 is 11.7 Å². The van der Waals surface area contributed by atoms with Crippen LogP contribution in [0.4, 0.5) is 5.69 Å². The Kier molecular flexibility index (Phi) is 3.84. The molecule has 21 heavy (non-hydrogen) atoms. The number of carboxylic acid groups (broad SMARTS) is 1. The summed E-state index contributed by atoms with van der Waals surface area (Å²) in [5, 5.41) is 20.2. The average molecular weight is 288 g/mol. The van der Waals surface area contributed by atoms with Crippen LogP contribution in [-0.2, 0) is 0 Å². The van der Waals surface area contributed by atoms with E-state index in [1.165, 1.54) is 12.1 Å². The third kappa shape index (κ3) is 2.97. The van der Waals surface area contributed by atoms with E-state index in [2.05, 4.69) is 4.98 Å². The molecule has 1 aromatic heterocycles. The lowest BCUT2D eigenvalue weighted by molar-refractivity contribution is -0.386. The minimum absolute atomic E-state index is 0.00639. The van der Waals surface area contributed by atoms with Crippen LogP contribution in [0.5, 0.6) is 11.5 Å². The molecule has 1 N–H and O–H groups in total. The molecule has 0 spiro atoms. The van der Waals surface area contributed by atoms with E-state index in [0.29, 0.717) is 11.3 Å².